The Morgan fingerprint density at radius 2 is 1.69 bits per heavy atom. The third-order valence-electron chi connectivity index (χ3n) is 4.52. The van der Waals surface area contributed by atoms with Gasteiger partial charge in [-0.05, 0) is 36.4 Å². The van der Waals surface area contributed by atoms with E-state index < -0.39 is 53.2 Å². The summed E-state index contributed by atoms with van der Waals surface area (Å²) in [6.45, 7) is -0.467. The van der Waals surface area contributed by atoms with Gasteiger partial charge in [-0.15, -0.1) is 0 Å². The van der Waals surface area contributed by atoms with Crippen molar-refractivity contribution in [3.63, 3.8) is 0 Å². The van der Waals surface area contributed by atoms with E-state index in [2.05, 4.69) is 10.3 Å². The Morgan fingerprint density at radius 3 is 2.34 bits per heavy atom. The second-order valence-electron chi connectivity index (χ2n) is 6.99. The van der Waals surface area contributed by atoms with Gasteiger partial charge in [-0.25, -0.2) is 23.4 Å². The molecule has 3 rings (SSSR count). The zero-order valence-corrected chi connectivity index (χ0v) is 18.0. The quantitative estimate of drug-likeness (QED) is 0.231. The standard InChI is InChI=1S/C21H14ClF6N5O2/c22-12-5-14(18(29)16(25)6-12)10-3-15(24)17(30-7-10)8-31-20(35)33-32-19(34)9-1-11(21(26,27)28)4-13(23)2-9/h1-7H,8,29H2,(H,32,34)(H2,31,33,35). The lowest BCUT2D eigenvalue weighted by Crippen LogP contribution is -2.46. The molecule has 0 aliphatic heterocycles. The number of urea groups is 1. The van der Waals surface area contributed by atoms with E-state index in [9.17, 15) is 35.9 Å². The minimum absolute atomic E-state index is 0.0319. The molecule has 0 saturated carbocycles. The highest BCUT2D eigenvalue weighted by Gasteiger charge is 2.32. The number of nitrogen functional groups attached to an aromatic ring is 1. The fourth-order valence-corrected chi connectivity index (χ4v) is 3.05. The summed E-state index contributed by atoms with van der Waals surface area (Å²) in [6, 6.07) is 3.39. The van der Waals surface area contributed by atoms with Crippen molar-refractivity contribution >= 4 is 29.2 Å². The molecule has 3 aromatic rings. The molecule has 0 aliphatic rings. The molecule has 0 atom stereocenters. The highest BCUT2D eigenvalue weighted by Crippen LogP contribution is 2.32. The summed E-state index contributed by atoms with van der Waals surface area (Å²) in [5.74, 6) is -4.22. The first-order valence-corrected chi connectivity index (χ1v) is 9.84. The first kappa shape index (κ1) is 25.6. The predicted molar refractivity (Wildman–Crippen MR) is 113 cm³/mol. The van der Waals surface area contributed by atoms with E-state index in [0.29, 0.717) is 12.1 Å². The van der Waals surface area contributed by atoms with Gasteiger partial charge < -0.3 is 11.1 Å². The number of hydrogen-bond donors (Lipinski definition) is 4. The molecule has 0 bridgehead atoms. The molecule has 0 aliphatic carbocycles. The first-order valence-electron chi connectivity index (χ1n) is 9.46. The maximum Gasteiger partial charge on any atom is 0.416 e. The smallest absolute Gasteiger partial charge is 0.396 e. The number of amides is 3. The van der Waals surface area contributed by atoms with Gasteiger partial charge in [0.2, 0.25) is 0 Å². The van der Waals surface area contributed by atoms with E-state index >= 15 is 0 Å². The van der Waals surface area contributed by atoms with Crippen LogP contribution in [-0.4, -0.2) is 16.9 Å². The van der Waals surface area contributed by atoms with E-state index in [0.717, 1.165) is 12.1 Å². The van der Waals surface area contributed by atoms with Crippen LogP contribution < -0.4 is 21.9 Å². The SMILES string of the molecule is Nc1c(F)cc(Cl)cc1-c1cnc(CNC(=O)NNC(=O)c2cc(F)cc(C(F)(F)F)c2)c(F)c1. The Morgan fingerprint density at radius 1 is 0.971 bits per heavy atom. The molecule has 184 valence electrons. The number of rotatable bonds is 4. The van der Waals surface area contributed by atoms with Crippen LogP contribution in [-0.2, 0) is 12.7 Å². The lowest BCUT2D eigenvalue weighted by Gasteiger charge is -2.12. The van der Waals surface area contributed by atoms with E-state index in [1.807, 2.05) is 5.43 Å². The normalized spacial score (nSPS) is 11.2. The van der Waals surface area contributed by atoms with Crippen molar-refractivity contribution < 1.29 is 35.9 Å². The van der Waals surface area contributed by atoms with Crippen molar-refractivity contribution in [2.75, 3.05) is 5.73 Å². The number of alkyl halides is 3. The monoisotopic (exact) mass is 517 g/mol. The van der Waals surface area contributed by atoms with E-state index in [-0.39, 0.29) is 33.6 Å². The van der Waals surface area contributed by atoms with Gasteiger partial charge in [0.1, 0.15) is 17.5 Å². The molecule has 5 N–H and O–H groups in total. The first-order chi connectivity index (χ1) is 16.3. The Balaban J connectivity index is 1.61. The van der Waals surface area contributed by atoms with Crippen LogP contribution in [0.25, 0.3) is 11.1 Å². The van der Waals surface area contributed by atoms with Crippen LogP contribution in [0.3, 0.4) is 0 Å². The highest BCUT2D eigenvalue weighted by molar-refractivity contribution is 6.31. The number of halogens is 7. The number of carbonyl (C=O) groups is 2. The fourth-order valence-electron chi connectivity index (χ4n) is 2.85. The Kier molecular flexibility index (Phi) is 7.39. The fraction of sp³-hybridized carbons (Fsp3) is 0.0952. The second kappa shape index (κ2) is 10.1. The number of hydrogen-bond acceptors (Lipinski definition) is 4. The zero-order valence-electron chi connectivity index (χ0n) is 17.2. The molecular formula is C21H14ClF6N5O2. The van der Waals surface area contributed by atoms with Crippen molar-refractivity contribution in [2.24, 2.45) is 0 Å². The molecule has 0 unspecified atom stereocenters. The van der Waals surface area contributed by atoms with Crippen LogP contribution in [0.15, 0.2) is 42.6 Å². The summed E-state index contributed by atoms with van der Waals surface area (Å²) in [7, 11) is 0. The largest absolute Gasteiger partial charge is 0.416 e. The molecular weight excluding hydrogens is 504 g/mol. The number of anilines is 1. The van der Waals surface area contributed by atoms with Crippen molar-refractivity contribution in [3.8, 4) is 11.1 Å². The van der Waals surface area contributed by atoms with Gasteiger partial charge in [0.05, 0.1) is 23.5 Å². The average molecular weight is 518 g/mol. The minimum atomic E-state index is -4.89. The van der Waals surface area contributed by atoms with Gasteiger partial charge >= 0.3 is 12.2 Å². The molecule has 14 heteroatoms. The second-order valence-corrected chi connectivity index (χ2v) is 7.43. The molecule has 1 heterocycles. The van der Waals surface area contributed by atoms with Crippen LogP contribution in [0.4, 0.5) is 36.8 Å². The number of benzene rings is 2. The maximum atomic E-state index is 14.4. The summed E-state index contributed by atoms with van der Waals surface area (Å²) in [4.78, 5) is 27.6. The van der Waals surface area contributed by atoms with E-state index in [1.165, 1.54) is 12.3 Å². The van der Waals surface area contributed by atoms with Crippen molar-refractivity contribution in [3.05, 3.63) is 81.9 Å². The van der Waals surface area contributed by atoms with Crippen LogP contribution in [0, 0.1) is 17.5 Å². The molecule has 7 nitrogen and oxygen atoms in total. The number of pyridine rings is 1. The summed E-state index contributed by atoms with van der Waals surface area (Å²) in [5, 5.41) is 2.19. The lowest BCUT2D eigenvalue weighted by molar-refractivity contribution is -0.137. The average Bonchev–Trinajstić information content (AvgIpc) is 2.78. The Bertz CT molecular complexity index is 1300. The molecule has 3 amide bonds. The Hall–Kier alpha value is -4.00. The van der Waals surface area contributed by atoms with E-state index in [1.54, 1.807) is 5.43 Å². The highest BCUT2D eigenvalue weighted by atomic mass is 35.5. The third-order valence-corrected chi connectivity index (χ3v) is 4.73. The lowest BCUT2D eigenvalue weighted by atomic mass is 10.0. The number of nitrogens with zero attached hydrogens (tertiary/aromatic N) is 1. The van der Waals surface area contributed by atoms with Crippen LogP contribution in [0.1, 0.15) is 21.6 Å². The van der Waals surface area contributed by atoms with Crippen LogP contribution in [0.5, 0.6) is 0 Å². The molecule has 1 aromatic heterocycles. The van der Waals surface area contributed by atoms with Gasteiger partial charge in [0, 0.05) is 27.9 Å². The molecule has 35 heavy (non-hydrogen) atoms. The molecule has 2 aromatic carbocycles. The van der Waals surface area contributed by atoms with Gasteiger partial charge in [-0.2, -0.15) is 13.2 Å². The molecule has 0 fully saturated rings. The number of aromatic nitrogens is 1. The van der Waals surface area contributed by atoms with Crippen molar-refractivity contribution in [1.29, 1.82) is 0 Å². The number of nitrogens with two attached hydrogens (primary N) is 1. The molecule has 0 saturated heterocycles. The third kappa shape index (κ3) is 6.32. The summed E-state index contributed by atoms with van der Waals surface area (Å²) >= 11 is 5.79. The molecule has 0 spiro atoms. The van der Waals surface area contributed by atoms with E-state index in [4.69, 9.17) is 17.3 Å². The minimum Gasteiger partial charge on any atom is -0.396 e. The number of nitrogens with one attached hydrogen (secondary N) is 3. The summed E-state index contributed by atoms with van der Waals surface area (Å²) < 4.78 is 79.9. The zero-order chi connectivity index (χ0) is 25.9. The molecule has 0 radical (unpaired) electrons. The number of carbonyl (C=O) groups excluding carboxylic acids is 2. The predicted octanol–water partition coefficient (Wildman–Crippen LogP) is 4.56. The van der Waals surface area contributed by atoms with Crippen molar-refractivity contribution in [2.45, 2.75) is 12.7 Å². The maximum absolute atomic E-state index is 14.4. The summed E-state index contributed by atoms with van der Waals surface area (Å²) in [6.07, 6.45) is -3.72. The van der Waals surface area contributed by atoms with Gasteiger partial charge in [-0.3, -0.25) is 15.2 Å². The van der Waals surface area contributed by atoms with Crippen LogP contribution in [0.2, 0.25) is 5.02 Å². The van der Waals surface area contributed by atoms with Gasteiger partial charge in [0.25, 0.3) is 5.91 Å². The van der Waals surface area contributed by atoms with Gasteiger partial charge in [-0.1, -0.05) is 11.6 Å². The van der Waals surface area contributed by atoms with Crippen LogP contribution >= 0.6 is 11.6 Å². The number of hydrazine groups is 1. The summed E-state index contributed by atoms with van der Waals surface area (Å²) in [5.41, 5.74) is 6.90. The van der Waals surface area contributed by atoms with Gasteiger partial charge in [0.15, 0.2) is 0 Å². The Labute approximate surface area is 198 Å². The van der Waals surface area contributed by atoms with Crippen molar-refractivity contribution in [1.82, 2.24) is 21.2 Å². The topological polar surface area (TPSA) is 109 Å².